The van der Waals surface area contributed by atoms with E-state index in [1.807, 2.05) is 6.08 Å². The summed E-state index contributed by atoms with van der Waals surface area (Å²) in [7, 11) is -3.97. The molecule has 0 amide bonds. The van der Waals surface area contributed by atoms with Crippen LogP contribution in [-0.4, -0.2) is 9.79 Å². The molecule has 0 aliphatic carbocycles. The molecule has 0 rings (SSSR count). The molecule has 0 spiro atoms. The van der Waals surface area contributed by atoms with Crippen molar-refractivity contribution in [1.82, 2.24) is 0 Å². The Bertz CT molecular complexity index is 240. The number of allylic oxidation sites excluding steroid dienone is 3. The Morgan fingerprint density at radius 1 is 1.07 bits per heavy atom. The van der Waals surface area contributed by atoms with Crippen LogP contribution in [0.1, 0.15) is 45.4 Å². The summed E-state index contributed by atoms with van der Waals surface area (Å²) >= 11 is 0. The first kappa shape index (κ1) is 14.6. The molecule has 0 bridgehead atoms. The van der Waals surface area contributed by atoms with Crippen LogP contribution in [0.5, 0.6) is 0 Å². The van der Waals surface area contributed by atoms with Gasteiger partial charge in [0.15, 0.2) is 0 Å². The maximum Gasteiger partial charge on any atom is 0.349 e. The van der Waals surface area contributed by atoms with Crippen LogP contribution >= 0.6 is 7.60 Å². The molecule has 0 atom stereocenters. The molecule has 0 aliphatic rings. The molecular formula is C11H21O3P. The van der Waals surface area contributed by atoms with E-state index in [4.69, 9.17) is 9.79 Å². The van der Waals surface area contributed by atoms with Crippen molar-refractivity contribution < 1.29 is 14.4 Å². The lowest BCUT2D eigenvalue weighted by Gasteiger charge is -1.95. The van der Waals surface area contributed by atoms with Crippen molar-refractivity contribution in [2.45, 2.75) is 45.4 Å². The van der Waals surface area contributed by atoms with E-state index in [2.05, 4.69) is 6.92 Å². The summed E-state index contributed by atoms with van der Waals surface area (Å²) in [5, 5.41) is 0. The van der Waals surface area contributed by atoms with Gasteiger partial charge in [0.05, 0.1) is 0 Å². The summed E-state index contributed by atoms with van der Waals surface area (Å²) < 4.78 is 10.4. The Morgan fingerprint density at radius 2 is 1.73 bits per heavy atom. The van der Waals surface area contributed by atoms with Gasteiger partial charge >= 0.3 is 7.60 Å². The first-order valence-electron chi connectivity index (χ1n) is 5.46. The van der Waals surface area contributed by atoms with Gasteiger partial charge in [-0.3, -0.25) is 4.57 Å². The van der Waals surface area contributed by atoms with Crippen LogP contribution in [0, 0.1) is 0 Å². The Balaban J connectivity index is 3.40. The highest BCUT2D eigenvalue weighted by Gasteiger charge is 2.03. The normalized spacial score (nSPS) is 13.0. The second-order valence-corrected chi connectivity index (χ2v) is 5.04. The second-order valence-electron chi connectivity index (χ2n) is 3.56. The smallest absolute Gasteiger partial charge is 0.321 e. The minimum atomic E-state index is -3.97. The minimum Gasteiger partial charge on any atom is -0.321 e. The summed E-state index contributed by atoms with van der Waals surface area (Å²) in [6.07, 6.45) is 12.2. The second kappa shape index (κ2) is 8.90. The van der Waals surface area contributed by atoms with Gasteiger partial charge < -0.3 is 9.79 Å². The molecule has 15 heavy (non-hydrogen) atoms. The molecule has 0 aromatic carbocycles. The zero-order valence-electron chi connectivity index (χ0n) is 9.30. The molecule has 0 unspecified atom stereocenters. The highest BCUT2D eigenvalue weighted by atomic mass is 31.2. The van der Waals surface area contributed by atoms with Crippen molar-refractivity contribution in [2.75, 3.05) is 0 Å². The van der Waals surface area contributed by atoms with Gasteiger partial charge in [-0.2, -0.15) is 0 Å². The fraction of sp³-hybridized carbons (Fsp3) is 0.636. The maximum atomic E-state index is 10.4. The highest BCUT2D eigenvalue weighted by Crippen LogP contribution is 2.35. The lowest BCUT2D eigenvalue weighted by atomic mass is 10.1. The zero-order valence-corrected chi connectivity index (χ0v) is 10.2. The van der Waals surface area contributed by atoms with Gasteiger partial charge in [-0.1, -0.05) is 50.8 Å². The van der Waals surface area contributed by atoms with Gasteiger partial charge in [0.2, 0.25) is 0 Å². The summed E-state index contributed by atoms with van der Waals surface area (Å²) in [4.78, 5) is 17.0. The monoisotopic (exact) mass is 232 g/mol. The van der Waals surface area contributed by atoms with Crippen molar-refractivity contribution >= 4 is 7.60 Å². The summed E-state index contributed by atoms with van der Waals surface area (Å²) in [6.45, 7) is 2.19. The first-order chi connectivity index (χ1) is 7.06. The molecule has 0 heterocycles. The third-order valence-corrected chi connectivity index (χ3v) is 2.56. The largest absolute Gasteiger partial charge is 0.349 e. The molecule has 88 valence electrons. The Hall–Kier alpha value is -0.370. The molecule has 0 aromatic rings. The van der Waals surface area contributed by atoms with E-state index in [9.17, 15) is 4.57 Å². The van der Waals surface area contributed by atoms with Gasteiger partial charge in [-0.05, 0) is 12.8 Å². The number of unbranched alkanes of at least 4 members (excludes halogenated alkanes) is 5. The quantitative estimate of drug-likeness (QED) is 0.382. The topological polar surface area (TPSA) is 57.5 Å². The van der Waals surface area contributed by atoms with E-state index in [0.717, 1.165) is 18.7 Å². The molecule has 0 saturated carbocycles. The maximum absolute atomic E-state index is 10.4. The van der Waals surface area contributed by atoms with Gasteiger partial charge in [-0.15, -0.1) is 0 Å². The average molecular weight is 232 g/mol. The predicted molar refractivity (Wildman–Crippen MR) is 63.7 cm³/mol. The standard InChI is InChI=1S/C11H21O3P/c1-2-3-4-5-6-7-8-9-10-11-15(12,13)14/h8-11H,2-7H2,1H3,(H2,12,13,14). The van der Waals surface area contributed by atoms with Crippen LogP contribution in [0.3, 0.4) is 0 Å². The number of rotatable bonds is 8. The fourth-order valence-electron chi connectivity index (χ4n) is 1.20. The molecule has 2 N–H and O–H groups in total. The van der Waals surface area contributed by atoms with E-state index in [-0.39, 0.29) is 0 Å². The Kier molecular flexibility index (Phi) is 8.68. The van der Waals surface area contributed by atoms with E-state index in [0.29, 0.717) is 0 Å². The fourth-order valence-corrected chi connectivity index (χ4v) is 1.53. The lowest BCUT2D eigenvalue weighted by Crippen LogP contribution is -1.75. The van der Waals surface area contributed by atoms with Crippen LogP contribution in [0.2, 0.25) is 0 Å². The van der Waals surface area contributed by atoms with Crippen molar-refractivity contribution in [1.29, 1.82) is 0 Å². The van der Waals surface area contributed by atoms with E-state index < -0.39 is 7.60 Å². The minimum absolute atomic E-state index is 0.917. The Labute approximate surface area is 92.1 Å². The van der Waals surface area contributed by atoms with Crippen LogP contribution in [0.15, 0.2) is 24.0 Å². The molecule has 0 saturated heterocycles. The van der Waals surface area contributed by atoms with Gasteiger partial charge in [0.25, 0.3) is 0 Å². The molecule has 0 aromatic heterocycles. The molecule has 0 fully saturated rings. The summed E-state index contributed by atoms with van der Waals surface area (Å²) in [5.74, 6) is 0.917. The third-order valence-electron chi connectivity index (χ3n) is 2.00. The number of hydrogen-bond donors (Lipinski definition) is 2. The lowest BCUT2D eigenvalue weighted by molar-refractivity contribution is 0.386. The van der Waals surface area contributed by atoms with E-state index in [1.54, 1.807) is 6.08 Å². The van der Waals surface area contributed by atoms with Crippen molar-refractivity contribution in [3.8, 4) is 0 Å². The van der Waals surface area contributed by atoms with Crippen LogP contribution in [-0.2, 0) is 4.57 Å². The molecule has 0 aliphatic heterocycles. The molecule has 3 nitrogen and oxygen atoms in total. The molecular weight excluding hydrogens is 211 g/mol. The van der Waals surface area contributed by atoms with Crippen molar-refractivity contribution in [3.63, 3.8) is 0 Å². The summed E-state index contributed by atoms with van der Waals surface area (Å²) in [5.41, 5.74) is 0. The number of hydrogen-bond acceptors (Lipinski definition) is 1. The summed E-state index contributed by atoms with van der Waals surface area (Å²) in [6, 6.07) is 0. The highest BCUT2D eigenvalue weighted by molar-refractivity contribution is 7.55. The molecule has 4 heteroatoms. The van der Waals surface area contributed by atoms with Crippen molar-refractivity contribution in [3.05, 3.63) is 24.0 Å². The Morgan fingerprint density at radius 3 is 2.33 bits per heavy atom. The van der Waals surface area contributed by atoms with Crippen LogP contribution in [0.4, 0.5) is 0 Å². The van der Waals surface area contributed by atoms with Gasteiger partial charge in [0, 0.05) is 5.82 Å². The van der Waals surface area contributed by atoms with Crippen molar-refractivity contribution in [2.24, 2.45) is 0 Å². The van der Waals surface area contributed by atoms with E-state index in [1.165, 1.54) is 31.8 Å². The van der Waals surface area contributed by atoms with Crippen LogP contribution in [0.25, 0.3) is 0 Å². The average Bonchev–Trinajstić information content (AvgIpc) is 2.14. The predicted octanol–water partition coefficient (Wildman–Crippen LogP) is 3.59. The zero-order chi connectivity index (χ0) is 11.6. The van der Waals surface area contributed by atoms with E-state index >= 15 is 0 Å². The third kappa shape index (κ3) is 13.6. The van der Waals surface area contributed by atoms with Gasteiger partial charge in [-0.25, -0.2) is 0 Å². The molecule has 0 radical (unpaired) electrons. The SMILES string of the molecule is CCCCCCCC=CC=CP(=O)(O)O. The first-order valence-corrected chi connectivity index (χ1v) is 7.14. The van der Waals surface area contributed by atoms with Crippen LogP contribution < -0.4 is 0 Å². The van der Waals surface area contributed by atoms with Gasteiger partial charge in [0.1, 0.15) is 0 Å².